The molecule has 3 aromatic rings. The molecule has 4 heteroatoms. The fourth-order valence-corrected chi connectivity index (χ4v) is 3.30. The maximum atomic E-state index is 12.6. The summed E-state index contributed by atoms with van der Waals surface area (Å²) >= 11 is 0. The fourth-order valence-electron chi connectivity index (χ4n) is 3.30. The number of rotatable bonds is 4. The van der Waals surface area contributed by atoms with Gasteiger partial charge in [0.15, 0.2) is 0 Å². The minimum absolute atomic E-state index is 0.251. The molecule has 4 nitrogen and oxygen atoms in total. The Balaban J connectivity index is 1.84. The lowest BCUT2D eigenvalue weighted by molar-refractivity contribution is 0.326. The zero-order valence-electron chi connectivity index (χ0n) is 13.5. The molecule has 0 bridgehead atoms. The van der Waals surface area contributed by atoms with Gasteiger partial charge in [-0.1, -0.05) is 30.3 Å². The van der Waals surface area contributed by atoms with Crippen LogP contribution in [0.5, 0.6) is 0 Å². The molecule has 0 spiro atoms. The predicted molar refractivity (Wildman–Crippen MR) is 96.7 cm³/mol. The second-order valence-corrected chi connectivity index (χ2v) is 6.21. The Labute approximate surface area is 140 Å². The Kier molecular flexibility index (Phi) is 4.05. The van der Waals surface area contributed by atoms with E-state index in [1.165, 1.54) is 12.8 Å². The molecule has 2 heterocycles. The second kappa shape index (κ2) is 6.49. The summed E-state index contributed by atoms with van der Waals surface area (Å²) in [4.78, 5) is 14.9. The molecule has 24 heavy (non-hydrogen) atoms. The molecule has 1 aliphatic heterocycles. The van der Waals surface area contributed by atoms with Gasteiger partial charge < -0.3 is 9.73 Å². The molecule has 0 radical (unpaired) electrons. The van der Waals surface area contributed by atoms with E-state index in [0.29, 0.717) is 17.7 Å². The van der Waals surface area contributed by atoms with Crippen LogP contribution in [0.15, 0.2) is 63.8 Å². The van der Waals surface area contributed by atoms with Crippen LogP contribution >= 0.6 is 0 Å². The third-order valence-corrected chi connectivity index (χ3v) is 4.53. The molecule has 4 rings (SSSR count). The first-order valence-corrected chi connectivity index (χ1v) is 8.40. The second-order valence-electron chi connectivity index (χ2n) is 6.21. The molecular weight excluding hydrogens is 300 g/mol. The first-order valence-electron chi connectivity index (χ1n) is 8.40. The highest BCUT2D eigenvalue weighted by Crippen LogP contribution is 2.29. The van der Waals surface area contributed by atoms with Crippen molar-refractivity contribution in [2.45, 2.75) is 19.4 Å². The normalized spacial score (nSPS) is 15.0. The van der Waals surface area contributed by atoms with Crippen molar-refractivity contribution in [1.82, 2.24) is 4.90 Å². The molecule has 0 unspecified atom stereocenters. The monoisotopic (exact) mass is 320 g/mol. The van der Waals surface area contributed by atoms with Crippen LogP contribution in [0.2, 0.25) is 0 Å². The van der Waals surface area contributed by atoms with Gasteiger partial charge in [0.1, 0.15) is 5.58 Å². The highest BCUT2D eigenvalue weighted by Gasteiger charge is 2.19. The summed E-state index contributed by atoms with van der Waals surface area (Å²) < 4.78 is 5.56. The summed E-state index contributed by atoms with van der Waals surface area (Å²) in [5.41, 5.74) is 2.90. The van der Waals surface area contributed by atoms with Crippen LogP contribution in [0, 0.1) is 0 Å². The molecule has 1 aromatic heterocycles. The summed E-state index contributed by atoms with van der Waals surface area (Å²) in [5.74, 6) is 0. The van der Waals surface area contributed by atoms with Crippen molar-refractivity contribution in [2.75, 3.05) is 18.4 Å². The molecule has 122 valence electrons. The molecule has 2 aromatic carbocycles. The molecule has 1 aliphatic rings. The van der Waals surface area contributed by atoms with E-state index < -0.39 is 0 Å². The number of benzene rings is 2. The standard InChI is InChI=1S/C20H20N2O2/c23-20-17(14-22-12-6-7-13-22)19(21-15-8-2-1-3-9-15)16-10-4-5-11-18(16)24-20/h1-5,8-11,21H,6-7,12-14H2. The van der Waals surface area contributed by atoms with Crippen molar-refractivity contribution >= 4 is 22.3 Å². The maximum absolute atomic E-state index is 12.6. The number of hydrogen-bond donors (Lipinski definition) is 1. The van der Waals surface area contributed by atoms with Crippen molar-refractivity contribution in [3.05, 3.63) is 70.6 Å². The molecule has 0 atom stereocenters. The van der Waals surface area contributed by atoms with Gasteiger partial charge in [-0.25, -0.2) is 4.79 Å². The van der Waals surface area contributed by atoms with Crippen LogP contribution in [-0.2, 0) is 6.54 Å². The van der Waals surface area contributed by atoms with E-state index in [2.05, 4.69) is 10.2 Å². The van der Waals surface area contributed by atoms with E-state index in [9.17, 15) is 4.79 Å². The van der Waals surface area contributed by atoms with E-state index >= 15 is 0 Å². The highest BCUT2D eigenvalue weighted by atomic mass is 16.4. The van der Waals surface area contributed by atoms with Crippen LogP contribution in [0.4, 0.5) is 11.4 Å². The number of anilines is 2. The van der Waals surface area contributed by atoms with Gasteiger partial charge >= 0.3 is 5.63 Å². The van der Waals surface area contributed by atoms with Crippen molar-refractivity contribution in [3.63, 3.8) is 0 Å². The van der Waals surface area contributed by atoms with Gasteiger partial charge in [-0.05, 0) is 50.2 Å². The van der Waals surface area contributed by atoms with Gasteiger partial charge in [0.25, 0.3) is 0 Å². The molecule has 0 aliphatic carbocycles. The fraction of sp³-hybridized carbons (Fsp3) is 0.250. The molecule has 0 amide bonds. The number of likely N-dealkylation sites (tertiary alicyclic amines) is 1. The van der Waals surface area contributed by atoms with Gasteiger partial charge in [-0.15, -0.1) is 0 Å². The zero-order chi connectivity index (χ0) is 16.4. The average molecular weight is 320 g/mol. The number of para-hydroxylation sites is 2. The Morgan fingerprint density at radius 2 is 1.67 bits per heavy atom. The lowest BCUT2D eigenvalue weighted by Crippen LogP contribution is -2.24. The van der Waals surface area contributed by atoms with E-state index in [1.807, 2.05) is 54.6 Å². The van der Waals surface area contributed by atoms with Gasteiger partial charge in [0.05, 0.1) is 11.3 Å². The number of fused-ring (bicyclic) bond motifs is 1. The summed E-state index contributed by atoms with van der Waals surface area (Å²) in [5, 5.41) is 4.38. The van der Waals surface area contributed by atoms with Crippen molar-refractivity contribution in [3.8, 4) is 0 Å². The zero-order valence-corrected chi connectivity index (χ0v) is 13.5. The van der Waals surface area contributed by atoms with Crippen molar-refractivity contribution in [2.24, 2.45) is 0 Å². The Hall–Kier alpha value is -2.59. The quantitative estimate of drug-likeness (QED) is 0.734. The molecular formula is C20H20N2O2. The molecule has 1 N–H and O–H groups in total. The first-order chi connectivity index (χ1) is 11.8. The van der Waals surface area contributed by atoms with Gasteiger partial charge in [-0.3, -0.25) is 4.90 Å². The predicted octanol–water partition coefficient (Wildman–Crippen LogP) is 4.13. The number of nitrogens with zero attached hydrogens (tertiary/aromatic N) is 1. The SMILES string of the molecule is O=c1oc2ccccc2c(Nc2ccccc2)c1CN1CCCC1. The van der Waals surface area contributed by atoms with Gasteiger partial charge in [-0.2, -0.15) is 0 Å². The Morgan fingerprint density at radius 1 is 0.958 bits per heavy atom. The minimum Gasteiger partial charge on any atom is -0.422 e. The molecule has 1 fully saturated rings. The van der Waals surface area contributed by atoms with Crippen LogP contribution in [0.3, 0.4) is 0 Å². The van der Waals surface area contributed by atoms with E-state index in [4.69, 9.17) is 4.42 Å². The lowest BCUT2D eigenvalue weighted by Gasteiger charge is -2.18. The van der Waals surface area contributed by atoms with Crippen LogP contribution < -0.4 is 10.9 Å². The van der Waals surface area contributed by atoms with Gasteiger partial charge in [0, 0.05) is 17.6 Å². The smallest absolute Gasteiger partial charge is 0.342 e. The maximum Gasteiger partial charge on any atom is 0.342 e. The van der Waals surface area contributed by atoms with Crippen LogP contribution in [0.25, 0.3) is 11.0 Å². The highest BCUT2D eigenvalue weighted by molar-refractivity contribution is 5.93. The van der Waals surface area contributed by atoms with E-state index in [-0.39, 0.29) is 5.63 Å². The Bertz CT molecular complexity index is 896. The molecule has 0 saturated carbocycles. The van der Waals surface area contributed by atoms with E-state index in [0.717, 1.165) is 29.9 Å². The number of nitrogens with one attached hydrogen (secondary N) is 1. The van der Waals surface area contributed by atoms with Gasteiger partial charge in [0.2, 0.25) is 0 Å². The van der Waals surface area contributed by atoms with Crippen molar-refractivity contribution in [1.29, 1.82) is 0 Å². The van der Waals surface area contributed by atoms with Crippen molar-refractivity contribution < 1.29 is 4.42 Å². The summed E-state index contributed by atoms with van der Waals surface area (Å²) in [6.45, 7) is 2.70. The first kappa shape index (κ1) is 15.0. The minimum atomic E-state index is -0.251. The molecule has 1 saturated heterocycles. The number of hydrogen-bond acceptors (Lipinski definition) is 4. The summed E-state index contributed by atoms with van der Waals surface area (Å²) in [7, 11) is 0. The van der Waals surface area contributed by atoms with Crippen LogP contribution in [0.1, 0.15) is 18.4 Å². The largest absolute Gasteiger partial charge is 0.422 e. The summed E-state index contributed by atoms with van der Waals surface area (Å²) in [6.07, 6.45) is 2.39. The van der Waals surface area contributed by atoms with Crippen LogP contribution in [-0.4, -0.2) is 18.0 Å². The Morgan fingerprint density at radius 3 is 2.46 bits per heavy atom. The third kappa shape index (κ3) is 2.93. The average Bonchev–Trinajstić information content (AvgIpc) is 3.12. The van der Waals surface area contributed by atoms with E-state index in [1.54, 1.807) is 0 Å². The topological polar surface area (TPSA) is 45.5 Å². The third-order valence-electron chi connectivity index (χ3n) is 4.53. The summed E-state index contributed by atoms with van der Waals surface area (Å²) in [6, 6.07) is 17.6. The lowest BCUT2D eigenvalue weighted by atomic mass is 10.1.